The molecule has 0 saturated heterocycles. The zero-order valence-electron chi connectivity index (χ0n) is 11.3. The predicted octanol–water partition coefficient (Wildman–Crippen LogP) is 5.64. The number of methoxy groups -OCH3 is 1. The van der Waals surface area contributed by atoms with Crippen LogP contribution in [0.5, 0.6) is 5.75 Å². The maximum atomic E-state index is 6.01. The summed E-state index contributed by atoms with van der Waals surface area (Å²) in [5, 5.41) is 1.78. The summed E-state index contributed by atoms with van der Waals surface area (Å²) in [4.78, 5) is 4.82. The Hall–Kier alpha value is -1.10. The van der Waals surface area contributed by atoms with Crippen molar-refractivity contribution in [2.24, 2.45) is 0 Å². The maximum absolute atomic E-state index is 6.01. The van der Waals surface area contributed by atoms with Crippen LogP contribution < -0.4 is 4.74 Å². The molecule has 0 saturated carbocycles. The fourth-order valence-electron chi connectivity index (χ4n) is 2.21. The van der Waals surface area contributed by atoms with E-state index in [9.17, 15) is 0 Å². The Balaban J connectivity index is 1.87. The van der Waals surface area contributed by atoms with E-state index in [1.807, 2.05) is 36.4 Å². The highest BCUT2D eigenvalue weighted by Crippen LogP contribution is 2.36. The molecule has 21 heavy (non-hydrogen) atoms. The second kappa shape index (κ2) is 6.34. The Bertz CT molecular complexity index is 741. The van der Waals surface area contributed by atoms with Crippen molar-refractivity contribution in [2.75, 3.05) is 7.11 Å². The quantitative estimate of drug-likeness (QED) is 0.545. The molecule has 1 unspecified atom stereocenters. The number of benzene rings is 2. The maximum Gasteiger partial charge on any atom is 0.124 e. The van der Waals surface area contributed by atoms with Crippen LogP contribution in [0.2, 0.25) is 5.02 Å². The van der Waals surface area contributed by atoms with Crippen LogP contribution >= 0.6 is 38.9 Å². The summed E-state index contributed by atoms with van der Waals surface area (Å²) in [6, 6.07) is 13.9. The summed E-state index contributed by atoms with van der Waals surface area (Å²) in [5.41, 5.74) is 2.14. The number of alkyl halides is 1. The van der Waals surface area contributed by atoms with Gasteiger partial charge in [-0.05, 0) is 24.3 Å². The molecule has 108 valence electrons. The van der Waals surface area contributed by atoms with Gasteiger partial charge in [-0.25, -0.2) is 4.98 Å². The third-order valence-corrected chi connectivity index (χ3v) is 5.34. The van der Waals surface area contributed by atoms with Gasteiger partial charge in [0.15, 0.2) is 0 Å². The number of hydrogen-bond donors (Lipinski definition) is 0. The molecular weight excluding hydrogens is 370 g/mol. The lowest BCUT2D eigenvalue weighted by Crippen LogP contribution is -1.98. The van der Waals surface area contributed by atoms with Gasteiger partial charge < -0.3 is 4.74 Å². The van der Waals surface area contributed by atoms with E-state index in [4.69, 9.17) is 16.3 Å². The van der Waals surface area contributed by atoms with E-state index in [0.29, 0.717) is 5.02 Å². The zero-order chi connectivity index (χ0) is 14.8. The molecule has 0 N–H and O–H groups in total. The minimum Gasteiger partial charge on any atom is -0.496 e. The highest BCUT2D eigenvalue weighted by atomic mass is 79.9. The summed E-state index contributed by atoms with van der Waals surface area (Å²) < 4.78 is 6.63. The zero-order valence-corrected chi connectivity index (χ0v) is 14.5. The Morgan fingerprint density at radius 2 is 2.10 bits per heavy atom. The summed E-state index contributed by atoms with van der Waals surface area (Å²) in [6.45, 7) is 0. The molecule has 0 bridgehead atoms. The van der Waals surface area contributed by atoms with E-state index in [0.717, 1.165) is 28.3 Å². The normalized spacial score (nSPS) is 12.5. The third kappa shape index (κ3) is 3.23. The van der Waals surface area contributed by atoms with E-state index in [1.165, 1.54) is 4.70 Å². The van der Waals surface area contributed by atoms with Gasteiger partial charge in [0, 0.05) is 21.8 Å². The molecule has 1 aromatic heterocycles. The Morgan fingerprint density at radius 1 is 1.29 bits per heavy atom. The van der Waals surface area contributed by atoms with Crippen LogP contribution in [0, 0.1) is 0 Å². The molecule has 1 heterocycles. The largest absolute Gasteiger partial charge is 0.496 e. The van der Waals surface area contributed by atoms with Crippen LogP contribution in [0.3, 0.4) is 0 Å². The standard InChI is InChI=1S/C16H13BrClNOS/c1-20-14-8-10(18)6-7-11(14)12(17)9-16-19-13-4-2-3-5-15(13)21-16/h2-8,12H,9H2,1H3. The van der Waals surface area contributed by atoms with Crippen molar-refractivity contribution in [1.82, 2.24) is 4.98 Å². The second-order valence-corrected chi connectivity index (χ2v) is 7.29. The summed E-state index contributed by atoms with van der Waals surface area (Å²) >= 11 is 11.5. The van der Waals surface area contributed by atoms with Crippen molar-refractivity contribution in [2.45, 2.75) is 11.2 Å². The molecule has 0 radical (unpaired) electrons. The lowest BCUT2D eigenvalue weighted by atomic mass is 10.1. The molecule has 0 aliphatic heterocycles. The van der Waals surface area contributed by atoms with Gasteiger partial charge in [-0.15, -0.1) is 11.3 Å². The van der Waals surface area contributed by atoms with Crippen molar-refractivity contribution in [3.8, 4) is 5.75 Å². The smallest absolute Gasteiger partial charge is 0.124 e. The number of hydrogen-bond acceptors (Lipinski definition) is 3. The summed E-state index contributed by atoms with van der Waals surface area (Å²) in [5.74, 6) is 0.797. The van der Waals surface area contributed by atoms with E-state index in [1.54, 1.807) is 18.4 Å². The van der Waals surface area contributed by atoms with Gasteiger partial charge in [-0.3, -0.25) is 0 Å². The first-order valence-corrected chi connectivity index (χ1v) is 8.60. The number of halogens is 2. The van der Waals surface area contributed by atoms with Crippen LogP contribution in [0.25, 0.3) is 10.2 Å². The van der Waals surface area contributed by atoms with Crippen LogP contribution in [-0.2, 0) is 6.42 Å². The van der Waals surface area contributed by atoms with Gasteiger partial charge >= 0.3 is 0 Å². The lowest BCUT2D eigenvalue weighted by molar-refractivity contribution is 0.409. The number of thiazole rings is 1. The highest BCUT2D eigenvalue weighted by molar-refractivity contribution is 9.09. The van der Waals surface area contributed by atoms with Crippen LogP contribution in [0.1, 0.15) is 15.4 Å². The molecule has 0 amide bonds. The SMILES string of the molecule is COc1cc(Cl)ccc1C(Br)Cc1nc2ccccc2s1. The first-order chi connectivity index (χ1) is 10.2. The number of fused-ring (bicyclic) bond motifs is 1. The van der Waals surface area contributed by atoms with Gasteiger partial charge in [0.1, 0.15) is 5.75 Å². The van der Waals surface area contributed by atoms with Crippen LogP contribution in [0.4, 0.5) is 0 Å². The minimum atomic E-state index is 0.144. The molecule has 1 atom stereocenters. The average Bonchev–Trinajstić information content (AvgIpc) is 2.88. The number of rotatable bonds is 4. The van der Waals surface area contributed by atoms with Gasteiger partial charge in [0.25, 0.3) is 0 Å². The van der Waals surface area contributed by atoms with Crippen molar-refractivity contribution in [3.05, 3.63) is 58.1 Å². The lowest BCUT2D eigenvalue weighted by Gasteiger charge is -2.13. The Labute approximate surface area is 140 Å². The molecule has 3 aromatic rings. The molecule has 5 heteroatoms. The van der Waals surface area contributed by atoms with Crippen molar-refractivity contribution >= 4 is 49.1 Å². The Morgan fingerprint density at radius 3 is 2.86 bits per heavy atom. The molecule has 3 rings (SSSR count). The van der Waals surface area contributed by atoms with Gasteiger partial charge in [0.05, 0.1) is 22.3 Å². The predicted molar refractivity (Wildman–Crippen MR) is 93.0 cm³/mol. The molecule has 0 aliphatic carbocycles. The van der Waals surface area contributed by atoms with E-state index in [2.05, 4.69) is 27.0 Å². The van der Waals surface area contributed by atoms with Gasteiger partial charge in [-0.2, -0.15) is 0 Å². The van der Waals surface area contributed by atoms with E-state index < -0.39 is 0 Å². The van der Waals surface area contributed by atoms with Gasteiger partial charge in [0.2, 0.25) is 0 Å². The molecular formula is C16H13BrClNOS. The minimum absolute atomic E-state index is 0.144. The molecule has 0 spiro atoms. The van der Waals surface area contributed by atoms with Crippen molar-refractivity contribution in [1.29, 1.82) is 0 Å². The second-order valence-electron chi connectivity index (χ2n) is 4.63. The summed E-state index contributed by atoms with van der Waals surface area (Å²) in [6.07, 6.45) is 0.817. The first kappa shape index (κ1) is 14.8. The average molecular weight is 383 g/mol. The third-order valence-electron chi connectivity index (χ3n) is 3.22. The summed E-state index contributed by atoms with van der Waals surface area (Å²) in [7, 11) is 1.66. The van der Waals surface area contributed by atoms with E-state index in [-0.39, 0.29) is 4.83 Å². The number of ether oxygens (including phenoxy) is 1. The van der Waals surface area contributed by atoms with Crippen LogP contribution in [0.15, 0.2) is 42.5 Å². The fourth-order valence-corrected chi connectivity index (χ4v) is 4.29. The first-order valence-electron chi connectivity index (χ1n) is 6.49. The monoisotopic (exact) mass is 381 g/mol. The van der Waals surface area contributed by atoms with Gasteiger partial charge in [-0.1, -0.05) is 45.7 Å². The van der Waals surface area contributed by atoms with E-state index >= 15 is 0 Å². The molecule has 0 aliphatic rings. The molecule has 2 aromatic carbocycles. The number of nitrogens with zero attached hydrogens (tertiary/aromatic N) is 1. The number of para-hydroxylation sites is 1. The Kier molecular flexibility index (Phi) is 4.48. The van der Waals surface area contributed by atoms with Crippen molar-refractivity contribution in [3.63, 3.8) is 0 Å². The molecule has 2 nitrogen and oxygen atoms in total. The fraction of sp³-hybridized carbons (Fsp3) is 0.188. The van der Waals surface area contributed by atoms with Crippen LogP contribution in [-0.4, -0.2) is 12.1 Å². The highest BCUT2D eigenvalue weighted by Gasteiger charge is 2.16. The molecule has 0 fully saturated rings. The number of aromatic nitrogens is 1. The topological polar surface area (TPSA) is 22.1 Å². The van der Waals surface area contributed by atoms with Crippen molar-refractivity contribution < 1.29 is 4.74 Å².